The number of Topliss-reactive ketones (excluding diaryl/α,β-unsaturated/α-hetero) is 1. The summed E-state index contributed by atoms with van der Waals surface area (Å²) >= 11 is 0. The van der Waals surface area contributed by atoms with Crippen LogP contribution in [0.4, 0.5) is 0 Å². The lowest BCUT2D eigenvalue weighted by molar-refractivity contribution is -0.118. The zero-order valence-electron chi connectivity index (χ0n) is 5.96. The second-order valence-electron chi connectivity index (χ2n) is 2.23. The summed E-state index contributed by atoms with van der Waals surface area (Å²) in [5, 5.41) is 18.7. The van der Waals surface area contributed by atoms with E-state index in [1.54, 1.807) is 6.92 Å². The number of carbonyl (C=O) groups is 1. The van der Waals surface area contributed by atoms with E-state index in [0.29, 0.717) is 5.57 Å². The van der Waals surface area contributed by atoms with Crippen molar-refractivity contribution in [2.75, 3.05) is 6.61 Å². The van der Waals surface area contributed by atoms with Crippen LogP contribution in [0.5, 0.6) is 0 Å². The molecule has 0 fully saturated rings. The van der Waals surface area contributed by atoms with Gasteiger partial charge in [0.1, 0.15) is 6.61 Å². The van der Waals surface area contributed by atoms with Crippen molar-refractivity contribution < 1.29 is 15.0 Å². The van der Waals surface area contributed by atoms with E-state index in [-0.39, 0.29) is 12.2 Å². The molecule has 3 nitrogen and oxygen atoms in total. The normalized spacial score (nSPS) is 12.7. The minimum Gasteiger partial charge on any atom is -0.390 e. The van der Waals surface area contributed by atoms with E-state index in [4.69, 9.17) is 5.11 Å². The molecule has 0 aliphatic rings. The molecule has 1 N–H and O–H groups in total. The van der Waals surface area contributed by atoms with Crippen molar-refractivity contribution in [2.45, 2.75) is 19.4 Å². The van der Waals surface area contributed by atoms with Crippen LogP contribution in [0.25, 0.3) is 0 Å². The zero-order valence-corrected chi connectivity index (χ0v) is 5.96. The molecule has 1 radical (unpaired) electrons. The van der Waals surface area contributed by atoms with Crippen molar-refractivity contribution in [3.05, 3.63) is 12.2 Å². The van der Waals surface area contributed by atoms with Crippen molar-refractivity contribution in [1.29, 1.82) is 0 Å². The third-order valence-corrected chi connectivity index (χ3v) is 1.09. The minimum atomic E-state index is -1.05. The Hall–Kier alpha value is -0.670. The molecule has 1 unspecified atom stereocenters. The maximum atomic E-state index is 10.7. The van der Waals surface area contributed by atoms with E-state index >= 15 is 0 Å². The molecular weight excluding hydrogens is 132 g/mol. The van der Waals surface area contributed by atoms with Gasteiger partial charge in [-0.15, -0.1) is 0 Å². The summed E-state index contributed by atoms with van der Waals surface area (Å²) in [4.78, 5) is 10.7. The Morgan fingerprint density at radius 1 is 1.70 bits per heavy atom. The summed E-state index contributed by atoms with van der Waals surface area (Å²) in [7, 11) is 0. The zero-order chi connectivity index (χ0) is 8.15. The van der Waals surface area contributed by atoms with Crippen LogP contribution in [0.15, 0.2) is 12.2 Å². The first kappa shape index (κ1) is 9.33. The molecule has 57 valence electrons. The maximum Gasteiger partial charge on any atom is 0.160 e. The summed E-state index contributed by atoms with van der Waals surface area (Å²) in [5.74, 6) is -0.247. The van der Waals surface area contributed by atoms with Gasteiger partial charge >= 0.3 is 0 Å². The third kappa shape index (κ3) is 3.37. The molecule has 0 amide bonds. The fourth-order valence-corrected chi connectivity index (χ4v) is 0.447. The monoisotopic (exact) mass is 143 g/mol. The second-order valence-corrected chi connectivity index (χ2v) is 2.23. The predicted octanol–water partition coefficient (Wildman–Crippen LogP) is 0.313. The average Bonchev–Trinajstić information content (AvgIpc) is 1.87. The summed E-state index contributed by atoms with van der Waals surface area (Å²) in [5.41, 5.74) is 0.382. The molecule has 0 aliphatic carbocycles. The fraction of sp³-hybridized carbons (Fsp3) is 0.571. The molecule has 1 atom stereocenters. The molecular formula is C7H11O3. The van der Waals surface area contributed by atoms with Gasteiger partial charge in [0.25, 0.3) is 0 Å². The second kappa shape index (κ2) is 4.19. The van der Waals surface area contributed by atoms with Crippen LogP contribution in [0.1, 0.15) is 13.3 Å². The number of ketones is 1. The molecule has 0 aromatic heterocycles. The molecule has 3 heteroatoms. The Morgan fingerprint density at radius 2 is 2.20 bits per heavy atom. The highest BCUT2D eigenvalue weighted by Gasteiger charge is 2.09. The summed E-state index contributed by atoms with van der Waals surface area (Å²) < 4.78 is 0. The molecule has 0 rings (SSSR count). The standard InChI is InChI=1S/C7H11O3/c1-5(2)7(10)3-6(9)4-8/h6,9H,1,3-4H2,2H3. The van der Waals surface area contributed by atoms with E-state index in [1.165, 1.54) is 0 Å². The van der Waals surface area contributed by atoms with E-state index in [1.807, 2.05) is 0 Å². The Kier molecular flexibility index (Phi) is 3.91. The average molecular weight is 143 g/mol. The van der Waals surface area contributed by atoms with Crippen LogP contribution in [0.2, 0.25) is 0 Å². The van der Waals surface area contributed by atoms with Gasteiger partial charge in [0.2, 0.25) is 0 Å². The molecule has 0 aromatic carbocycles. The number of aliphatic hydroxyl groups is 1. The van der Waals surface area contributed by atoms with Gasteiger partial charge in [0, 0.05) is 6.42 Å². The molecule has 0 saturated heterocycles. The quantitative estimate of drug-likeness (QED) is 0.576. The Labute approximate surface area is 60.0 Å². The number of hydrogen-bond acceptors (Lipinski definition) is 2. The number of rotatable bonds is 4. The van der Waals surface area contributed by atoms with Gasteiger partial charge < -0.3 is 5.11 Å². The topological polar surface area (TPSA) is 57.2 Å². The highest BCUT2D eigenvalue weighted by molar-refractivity contribution is 5.94. The Morgan fingerprint density at radius 3 is 2.50 bits per heavy atom. The third-order valence-electron chi connectivity index (χ3n) is 1.09. The highest BCUT2D eigenvalue weighted by Crippen LogP contribution is 1.98. The molecule has 0 aliphatic heterocycles. The van der Waals surface area contributed by atoms with Crippen LogP contribution in [0, 0.1) is 0 Å². The molecule has 0 saturated carbocycles. The molecule has 0 heterocycles. The number of hydrogen-bond donors (Lipinski definition) is 1. The predicted molar refractivity (Wildman–Crippen MR) is 36.0 cm³/mol. The first-order valence-electron chi connectivity index (χ1n) is 3.02. The molecule has 0 spiro atoms. The van der Waals surface area contributed by atoms with Crippen LogP contribution < -0.4 is 0 Å². The van der Waals surface area contributed by atoms with Gasteiger partial charge in [0.05, 0.1) is 6.10 Å². The lowest BCUT2D eigenvalue weighted by Crippen LogP contribution is -2.16. The van der Waals surface area contributed by atoms with Crippen LogP contribution in [-0.4, -0.2) is 23.6 Å². The van der Waals surface area contributed by atoms with Gasteiger partial charge in [-0.25, -0.2) is 5.11 Å². The van der Waals surface area contributed by atoms with Crippen LogP contribution in [0.3, 0.4) is 0 Å². The Bertz CT molecular complexity index is 140. The van der Waals surface area contributed by atoms with E-state index in [2.05, 4.69) is 6.58 Å². The van der Waals surface area contributed by atoms with Crippen molar-refractivity contribution in [1.82, 2.24) is 0 Å². The van der Waals surface area contributed by atoms with Gasteiger partial charge in [-0.3, -0.25) is 4.79 Å². The van der Waals surface area contributed by atoms with Crippen LogP contribution >= 0.6 is 0 Å². The first-order chi connectivity index (χ1) is 4.57. The minimum absolute atomic E-state index is 0.0984. The smallest absolute Gasteiger partial charge is 0.160 e. The van der Waals surface area contributed by atoms with Crippen LogP contribution in [-0.2, 0) is 9.90 Å². The number of aliphatic hydroxyl groups excluding tert-OH is 1. The summed E-state index contributed by atoms with van der Waals surface area (Å²) in [6, 6.07) is 0. The van der Waals surface area contributed by atoms with E-state index in [0.717, 1.165) is 0 Å². The molecule has 0 bridgehead atoms. The van der Waals surface area contributed by atoms with Crippen molar-refractivity contribution in [3.63, 3.8) is 0 Å². The lowest BCUT2D eigenvalue weighted by atomic mass is 10.1. The maximum absolute atomic E-state index is 10.7. The first-order valence-corrected chi connectivity index (χ1v) is 3.02. The highest BCUT2D eigenvalue weighted by atomic mass is 16.3. The van der Waals surface area contributed by atoms with E-state index < -0.39 is 12.7 Å². The van der Waals surface area contributed by atoms with Gasteiger partial charge in [-0.1, -0.05) is 6.58 Å². The van der Waals surface area contributed by atoms with Crippen molar-refractivity contribution >= 4 is 5.78 Å². The molecule has 10 heavy (non-hydrogen) atoms. The van der Waals surface area contributed by atoms with Gasteiger partial charge in [0.15, 0.2) is 5.78 Å². The Balaban J connectivity index is 3.68. The van der Waals surface area contributed by atoms with Gasteiger partial charge in [-0.2, -0.15) is 0 Å². The fourth-order valence-electron chi connectivity index (χ4n) is 0.447. The van der Waals surface area contributed by atoms with Gasteiger partial charge in [-0.05, 0) is 12.5 Å². The van der Waals surface area contributed by atoms with Crippen molar-refractivity contribution in [2.24, 2.45) is 0 Å². The molecule has 0 aromatic rings. The number of carbonyl (C=O) groups excluding carboxylic acids is 1. The SMILES string of the molecule is C=C(C)C(=O)CC(O)C[O]. The van der Waals surface area contributed by atoms with E-state index in [9.17, 15) is 9.90 Å². The largest absolute Gasteiger partial charge is 0.390 e. The van der Waals surface area contributed by atoms with Crippen molar-refractivity contribution in [3.8, 4) is 0 Å². The summed E-state index contributed by atoms with van der Waals surface area (Å²) in [6.07, 6.45) is -1.15. The number of allylic oxidation sites excluding steroid dienone is 1. The lowest BCUT2D eigenvalue weighted by Gasteiger charge is -2.02. The summed E-state index contributed by atoms with van der Waals surface area (Å²) in [6.45, 7) is 4.31.